The number of rotatable bonds is 4. The minimum absolute atomic E-state index is 0.0626. The topological polar surface area (TPSA) is 77.0 Å². The number of hydrogen-bond donors (Lipinski definition) is 1. The number of nitrogens with two attached hydrogens (primary N) is 1. The summed E-state index contributed by atoms with van der Waals surface area (Å²) in [5.41, 5.74) is 8.40. The van der Waals surface area contributed by atoms with Gasteiger partial charge in [0.1, 0.15) is 17.7 Å². The molecule has 0 fully saturated rings. The van der Waals surface area contributed by atoms with Crippen LogP contribution in [0.2, 0.25) is 10.0 Å². The van der Waals surface area contributed by atoms with Crippen molar-refractivity contribution in [2.75, 3.05) is 10.6 Å². The quantitative estimate of drug-likeness (QED) is 0.360. The van der Waals surface area contributed by atoms with E-state index in [1.807, 2.05) is 30.5 Å². The van der Waals surface area contributed by atoms with Gasteiger partial charge in [-0.2, -0.15) is 0 Å². The Morgan fingerprint density at radius 1 is 1.09 bits per heavy atom. The third-order valence-electron chi connectivity index (χ3n) is 5.82. The van der Waals surface area contributed by atoms with Gasteiger partial charge in [-0.05, 0) is 55.8 Å². The fourth-order valence-corrected chi connectivity index (χ4v) is 4.71. The lowest BCUT2D eigenvalue weighted by Gasteiger charge is -2.29. The summed E-state index contributed by atoms with van der Waals surface area (Å²) in [7, 11) is 0. The van der Waals surface area contributed by atoms with Crippen molar-refractivity contribution in [1.29, 1.82) is 0 Å². The Morgan fingerprint density at radius 2 is 1.82 bits per heavy atom. The van der Waals surface area contributed by atoms with Crippen LogP contribution >= 0.6 is 23.2 Å². The van der Waals surface area contributed by atoms with Crippen molar-refractivity contribution in [2.45, 2.75) is 25.9 Å². The molecule has 0 aliphatic carbocycles. The van der Waals surface area contributed by atoms with Crippen LogP contribution in [0.4, 0.5) is 15.9 Å². The predicted octanol–water partition coefficient (Wildman–Crippen LogP) is 6.30. The summed E-state index contributed by atoms with van der Waals surface area (Å²) in [6.07, 6.45) is 1.60. The van der Waals surface area contributed by atoms with E-state index in [2.05, 4.69) is 4.98 Å². The van der Waals surface area contributed by atoms with Crippen molar-refractivity contribution in [3.63, 3.8) is 0 Å². The molecule has 5 rings (SSSR count). The summed E-state index contributed by atoms with van der Waals surface area (Å²) in [6, 6.07) is 14.5. The molecule has 0 spiro atoms. The van der Waals surface area contributed by atoms with Crippen LogP contribution in [0.15, 0.2) is 60.8 Å². The van der Waals surface area contributed by atoms with Crippen LogP contribution in [-0.4, -0.2) is 20.4 Å². The Kier molecular flexibility index (Phi) is 5.54. The third kappa shape index (κ3) is 3.52. The first-order valence-electron chi connectivity index (χ1n) is 10.6. The number of benzene rings is 2. The number of halogens is 3. The number of anilines is 2. The first kappa shape index (κ1) is 22.4. The molecule has 9 heteroatoms. The minimum atomic E-state index is -0.667. The van der Waals surface area contributed by atoms with Gasteiger partial charge in [0.15, 0.2) is 11.5 Å². The van der Waals surface area contributed by atoms with Crippen LogP contribution in [-0.2, 0) is 0 Å². The highest BCUT2D eigenvalue weighted by atomic mass is 35.5. The molecule has 0 bridgehead atoms. The van der Waals surface area contributed by atoms with Crippen LogP contribution in [0.3, 0.4) is 0 Å². The highest BCUT2D eigenvalue weighted by Crippen LogP contribution is 2.45. The smallest absolute Gasteiger partial charge is 0.279 e. The molecule has 4 aromatic rings. The molecular formula is C25H20Cl2FN5O. The van der Waals surface area contributed by atoms with Gasteiger partial charge in [0, 0.05) is 22.8 Å². The predicted molar refractivity (Wildman–Crippen MR) is 132 cm³/mol. The number of aromatic nitrogens is 3. The van der Waals surface area contributed by atoms with E-state index in [9.17, 15) is 4.79 Å². The molecule has 0 radical (unpaired) electrons. The SMILES string of the molecule is CC(C)n1c(-c2ccnc(N)c2)nc2c1C(c1ccc(Cl)cc1)N(c1cccc(Cl)c1F)C2=O. The maximum absolute atomic E-state index is 15.2. The van der Waals surface area contributed by atoms with E-state index in [4.69, 9.17) is 33.9 Å². The van der Waals surface area contributed by atoms with Crippen molar-refractivity contribution in [1.82, 2.24) is 14.5 Å². The summed E-state index contributed by atoms with van der Waals surface area (Å²) in [4.78, 5) is 24.0. The van der Waals surface area contributed by atoms with Gasteiger partial charge < -0.3 is 10.3 Å². The third-order valence-corrected chi connectivity index (χ3v) is 6.36. The average Bonchev–Trinajstić information content (AvgIpc) is 3.32. The Hall–Kier alpha value is -3.42. The summed E-state index contributed by atoms with van der Waals surface area (Å²) < 4.78 is 17.2. The molecule has 2 aromatic carbocycles. The Bertz CT molecular complexity index is 1420. The molecule has 0 saturated heterocycles. The highest BCUT2D eigenvalue weighted by molar-refractivity contribution is 6.31. The van der Waals surface area contributed by atoms with E-state index in [1.54, 1.807) is 36.5 Å². The highest BCUT2D eigenvalue weighted by Gasteiger charge is 2.45. The maximum Gasteiger partial charge on any atom is 0.279 e. The Balaban J connectivity index is 1.79. The molecule has 1 aliphatic rings. The fourth-order valence-electron chi connectivity index (χ4n) is 4.41. The zero-order valence-corrected chi connectivity index (χ0v) is 19.8. The van der Waals surface area contributed by atoms with Gasteiger partial charge in [0.2, 0.25) is 0 Å². The fraction of sp³-hybridized carbons (Fsp3) is 0.160. The molecule has 3 heterocycles. The van der Waals surface area contributed by atoms with Crippen LogP contribution in [0.5, 0.6) is 0 Å². The van der Waals surface area contributed by atoms with Crippen LogP contribution in [0.1, 0.15) is 47.7 Å². The second kappa shape index (κ2) is 8.42. The molecule has 1 unspecified atom stereocenters. The number of carbonyl (C=O) groups is 1. The number of nitrogen functional groups attached to an aromatic ring is 1. The first-order chi connectivity index (χ1) is 16.3. The monoisotopic (exact) mass is 495 g/mol. The number of fused-ring (bicyclic) bond motifs is 1. The second-order valence-corrected chi connectivity index (χ2v) is 9.15. The zero-order valence-electron chi connectivity index (χ0n) is 18.3. The van der Waals surface area contributed by atoms with Crippen LogP contribution < -0.4 is 10.6 Å². The standard InChI is InChI=1S/C25H20Cl2FN5O/c1-13(2)32-23-21(31-24(32)15-10-11-30-19(29)12-15)25(34)33(18-5-3-4-17(27)20(18)28)22(23)14-6-8-16(26)9-7-14/h3-13,22H,1-2H3,(H2,29,30). The van der Waals surface area contributed by atoms with Gasteiger partial charge in [-0.25, -0.2) is 14.4 Å². The first-order valence-corrected chi connectivity index (χ1v) is 11.4. The minimum Gasteiger partial charge on any atom is -0.384 e. The van der Waals surface area contributed by atoms with Crippen LogP contribution in [0.25, 0.3) is 11.4 Å². The van der Waals surface area contributed by atoms with Gasteiger partial charge in [-0.15, -0.1) is 0 Å². The van der Waals surface area contributed by atoms with E-state index in [1.165, 1.54) is 17.0 Å². The van der Waals surface area contributed by atoms with E-state index < -0.39 is 17.8 Å². The van der Waals surface area contributed by atoms with E-state index in [0.717, 1.165) is 11.1 Å². The molecule has 1 aliphatic heterocycles. The molecule has 0 saturated carbocycles. The van der Waals surface area contributed by atoms with Gasteiger partial charge in [0.25, 0.3) is 5.91 Å². The molecular weight excluding hydrogens is 476 g/mol. The number of nitrogens with zero attached hydrogens (tertiary/aromatic N) is 4. The van der Waals surface area contributed by atoms with Gasteiger partial charge in [-0.3, -0.25) is 9.69 Å². The molecule has 1 atom stereocenters. The van der Waals surface area contributed by atoms with Gasteiger partial charge in [-0.1, -0.05) is 41.4 Å². The lowest BCUT2D eigenvalue weighted by molar-refractivity contribution is 0.0988. The number of carbonyl (C=O) groups excluding carboxylic acids is 1. The number of imidazole rings is 1. The number of hydrogen-bond acceptors (Lipinski definition) is 4. The Labute approximate surface area is 205 Å². The normalized spacial score (nSPS) is 15.3. The van der Waals surface area contributed by atoms with Crippen molar-refractivity contribution in [3.05, 3.63) is 93.6 Å². The van der Waals surface area contributed by atoms with Gasteiger partial charge in [0.05, 0.1) is 16.4 Å². The molecule has 2 aromatic heterocycles. The van der Waals surface area contributed by atoms with Crippen molar-refractivity contribution >= 4 is 40.6 Å². The van der Waals surface area contributed by atoms with Crippen molar-refractivity contribution in [2.24, 2.45) is 0 Å². The average molecular weight is 496 g/mol. The van der Waals surface area contributed by atoms with E-state index in [-0.39, 0.29) is 22.4 Å². The maximum atomic E-state index is 15.2. The molecule has 172 valence electrons. The largest absolute Gasteiger partial charge is 0.384 e. The Morgan fingerprint density at radius 3 is 2.50 bits per heavy atom. The summed E-state index contributed by atoms with van der Waals surface area (Å²) >= 11 is 12.2. The van der Waals surface area contributed by atoms with Crippen molar-refractivity contribution < 1.29 is 9.18 Å². The molecule has 1 amide bonds. The summed E-state index contributed by atoms with van der Waals surface area (Å²) in [5.74, 6) is -0.148. The lowest BCUT2D eigenvalue weighted by Crippen LogP contribution is -2.31. The second-order valence-electron chi connectivity index (χ2n) is 8.30. The molecule has 6 nitrogen and oxygen atoms in total. The summed E-state index contributed by atoms with van der Waals surface area (Å²) in [5, 5.41) is 0.489. The van der Waals surface area contributed by atoms with Gasteiger partial charge >= 0.3 is 0 Å². The molecule has 2 N–H and O–H groups in total. The van der Waals surface area contributed by atoms with E-state index >= 15 is 4.39 Å². The zero-order chi connectivity index (χ0) is 24.1. The van der Waals surface area contributed by atoms with E-state index in [0.29, 0.717) is 22.4 Å². The number of pyridine rings is 1. The number of amides is 1. The summed E-state index contributed by atoms with van der Waals surface area (Å²) in [6.45, 7) is 4.00. The molecule has 34 heavy (non-hydrogen) atoms. The van der Waals surface area contributed by atoms with Crippen molar-refractivity contribution in [3.8, 4) is 11.4 Å². The van der Waals surface area contributed by atoms with Crippen LogP contribution in [0, 0.1) is 5.82 Å². The lowest BCUT2D eigenvalue weighted by atomic mass is 10.0.